The fraction of sp³-hybridized carbons (Fsp3) is 0. The lowest BCUT2D eigenvalue weighted by molar-refractivity contribution is 0.112. The van der Waals surface area contributed by atoms with Crippen LogP contribution in [0.25, 0.3) is 10.6 Å². The number of halogens is 1. The average Bonchev–Trinajstić information content (AvgIpc) is 2.70. The van der Waals surface area contributed by atoms with Crippen molar-refractivity contribution in [2.45, 2.75) is 0 Å². The van der Waals surface area contributed by atoms with Crippen LogP contribution in [0.4, 0.5) is 4.39 Å². The Morgan fingerprint density at radius 2 is 2.29 bits per heavy atom. The Bertz CT molecular complexity index is 453. The maximum absolute atomic E-state index is 13.2. The predicted octanol–water partition coefficient (Wildman–Crippen LogP) is 2.76. The van der Waals surface area contributed by atoms with E-state index in [1.807, 2.05) is 5.38 Å². The van der Waals surface area contributed by atoms with Crippen LogP contribution in [0.3, 0.4) is 0 Å². The van der Waals surface area contributed by atoms with Crippen LogP contribution in [0.5, 0.6) is 0 Å². The van der Waals surface area contributed by atoms with Gasteiger partial charge in [0.1, 0.15) is 10.8 Å². The van der Waals surface area contributed by atoms with Crippen LogP contribution in [-0.2, 0) is 0 Å². The van der Waals surface area contributed by atoms with Crippen LogP contribution in [0.1, 0.15) is 10.4 Å². The Labute approximate surface area is 84.0 Å². The molecule has 0 saturated heterocycles. The molecule has 0 aliphatic heterocycles. The minimum Gasteiger partial charge on any atom is -0.298 e. The molecule has 0 saturated carbocycles. The second-order valence-electron chi connectivity index (χ2n) is 2.69. The molecule has 0 amide bonds. The predicted molar refractivity (Wildman–Crippen MR) is 52.9 cm³/mol. The summed E-state index contributed by atoms with van der Waals surface area (Å²) in [6, 6.07) is 4.47. The first-order chi connectivity index (χ1) is 6.81. The lowest BCUT2D eigenvalue weighted by Crippen LogP contribution is -1.87. The molecule has 1 heterocycles. The van der Waals surface area contributed by atoms with Gasteiger partial charge in [-0.3, -0.25) is 4.79 Å². The lowest BCUT2D eigenvalue weighted by Gasteiger charge is -1.98. The van der Waals surface area contributed by atoms with Gasteiger partial charge < -0.3 is 0 Å². The van der Waals surface area contributed by atoms with E-state index in [0.29, 0.717) is 11.8 Å². The van der Waals surface area contributed by atoms with E-state index in [9.17, 15) is 9.18 Å². The SMILES string of the molecule is O=Cc1ccc(-c2nccs2)cc1F. The molecule has 0 unspecified atom stereocenters. The van der Waals surface area contributed by atoms with Crippen LogP contribution in [-0.4, -0.2) is 11.3 Å². The molecule has 0 aliphatic rings. The third-order valence-electron chi connectivity index (χ3n) is 1.81. The molecule has 0 radical (unpaired) electrons. The molecule has 4 heteroatoms. The maximum atomic E-state index is 13.2. The van der Waals surface area contributed by atoms with Crippen molar-refractivity contribution in [2.24, 2.45) is 0 Å². The first kappa shape index (κ1) is 9.02. The van der Waals surface area contributed by atoms with Crippen molar-refractivity contribution in [3.63, 3.8) is 0 Å². The highest BCUT2D eigenvalue weighted by Crippen LogP contribution is 2.23. The van der Waals surface area contributed by atoms with Gasteiger partial charge >= 0.3 is 0 Å². The quantitative estimate of drug-likeness (QED) is 0.709. The van der Waals surface area contributed by atoms with E-state index >= 15 is 0 Å². The molecule has 1 aromatic carbocycles. The Kier molecular flexibility index (Phi) is 2.37. The Hall–Kier alpha value is -1.55. The van der Waals surface area contributed by atoms with Crippen molar-refractivity contribution < 1.29 is 9.18 Å². The molecule has 2 nitrogen and oxygen atoms in total. The zero-order valence-corrected chi connectivity index (χ0v) is 7.92. The third-order valence-corrected chi connectivity index (χ3v) is 2.63. The number of thiazole rings is 1. The third kappa shape index (κ3) is 1.56. The Balaban J connectivity index is 2.48. The topological polar surface area (TPSA) is 30.0 Å². The zero-order valence-electron chi connectivity index (χ0n) is 7.11. The zero-order chi connectivity index (χ0) is 9.97. The smallest absolute Gasteiger partial charge is 0.152 e. The first-order valence-electron chi connectivity index (χ1n) is 3.96. The van der Waals surface area contributed by atoms with E-state index in [0.717, 1.165) is 5.01 Å². The van der Waals surface area contributed by atoms with Crippen molar-refractivity contribution in [3.05, 3.63) is 41.2 Å². The summed E-state index contributed by atoms with van der Waals surface area (Å²) in [4.78, 5) is 14.4. The number of aromatic nitrogens is 1. The van der Waals surface area contributed by atoms with Crippen molar-refractivity contribution in [1.29, 1.82) is 0 Å². The fourth-order valence-electron chi connectivity index (χ4n) is 1.12. The lowest BCUT2D eigenvalue weighted by atomic mass is 10.1. The van der Waals surface area contributed by atoms with Gasteiger partial charge in [-0.05, 0) is 12.1 Å². The van der Waals surface area contributed by atoms with Crippen molar-refractivity contribution in [3.8, 4) is 10.6 Å². The van der Waals surface area contributed by atoms with Gasteiger partial charge in [-0.2, -0.15) is 0 Å². The second kappa shape index (κ2) is 3.67. The molecule has 2 aromatic rings. The van der Waals surface area contributed by atoms with Crippen molar-refractivity contribution in [2.75, 3.05) is 0 Å². The van der Waals surface area contributed by atoms with Gasteiger partial charge in [0.05, 0.1) is 5.56 Å². The summed E-state index contributed by atoms with van der Waals surface area (Å²) in [6.45, 7) is 0. The molecular weight excluding hydrogens is 201 g/mol. The van der Waals surface area contributed by atoms with Crippen LogP contribution in [0, 0.1) is 5.82 Å². The molecule has 0 spiro atoms. The largest absolute Gasteiger partial charge is 0.298 e. The van der Waals surface area contributed by atoms with E-state index < -0.39 is 5.82 Å². The maximum Gasteiger partial charge on any atom is 0.152 e. The number of benzene rings is 1. The minimum absolute atomic E-state index is 0.0744. The van der Waals surface area contributed by atoms with E-state index in [-0.39, 0.29) is 5.56 Å². The molecule has 0 fully saturated rings. The molecule has 0 atom stereocenters. The number of hydrogen-bond donors (Lipinski definition) is 0. The van der Waals surface area contributed by atoms with Crippen LogP contribution in [0.2, 0.25) is 0 Å². The summed E-state index contributed by atoms with van der Waals surface area (Å²) < 4.78 is 13.2. The summed E-state index contributed by atoms with van der Waals surface area (Å²) in [5.74, 6) is -0.507. The molecule has 0 bridgehead atoms. The van der Waals surface area contributed by atoms with E-state index in [1.165, 1.54) is 23.5 Å². The minimum atomic E-state index is -0.507. The number of hydrogen-bond acceptors (Lipinski definition) is 3. The molecule has 0 N–H and O–H groups in total. The van der Waals surface area contributed by atoms with Crippen LogP contribution in [0.15, 0.2) is 29.8 Å². The monoisotopic (exact) mass is 207 g/mol. The highest BCUT2D eigenvalue weighted by Gasteiger charge is 2.05. The van der Waals surface area contributed by atoms with Crippen LogP contribution < -0.4 is 0 Å². The summed E-state index contributed by atoms with van der Waals surface area (Å²) in [5, 5.41) is 2.57. The summed E-state index contributed by atoms with van der Waals surface area (Å²) >= 11 is 1.43. The molecule has 1 aromatic heterocycles. The number of carbonyl (C=O) groups excluding carboxylic acids is 1. The Morgan fingerprint density at radius 1 is 1.43 bits per heavy atom. The molecule has 0 aliphatic carbocycles. The number of carbonyl (C=O) groups is 1. The van der Waals surface area contributed by atoms with E-state index in [2.05, 4.69) is 4.98 Å². The number of rotatable bonds is 2. The summed E-state index contributed by atoms with van der Waals surface area (Å²) in [7, 11) is 0. The first-order valence-corrected chi connectivity index (χ1v) is 4.84. The van der Waals surface area contributed by atoms with Gasteiger partial charge in [-0.15, -0.1) is 11.3 Å². The number of aldehydes is 1. The van der Waals surface area contributed by atoms with Crippen LogP contribution >= 0.6 is 11.3 Å². The second-order valence-corrected chi connectivity index (χ2v) is 3.59. The molecule has 70 valence electrons. The van der Waals surface area contributed by atoms with Gasteiger partial charge in [0.2, 0.25) is 0 Å². The van der Waals surface area contributed by atoms with Gasteiger partial charge in [0.15, 0.2) is 6.29 Å². The average molecular weight is 207 g/mol. The Morgan fingerprint density at radius 3 is 2.86 bits per heavy atom. The van der Waals surface area contributed by atoms with Gasteiger partial charge in [-0.1, -0.05) is 6.07 Å². The highest BCUT2D eigenvalue weighted by molar-refractivity contribution is 7.13. The van der Waals surface area contributed by atoms with Gasteiger partial charge in [0.25, 0.3) is 0 Å². The molecular formula is C10H6FNOS. The summed E-state index contributed by atoms with van der Waals surface area (Å²) in [5.41, 5.74) is 0.772. The van der Waals surface area contributed by atoms with E-state index in [1.54, 1.807) is 12.3 Å². The van der Waals surface area contributed by atoms with Crippen molar-refractivity contribution in [1.82, 2.24) is 4.98 Å². The standard InChI is InChI=1S/C10H6FNOS/c11-9-5-7(1-2-8(9)6-13)10-12-3-4-14-10/h1-6H. The summed E-state index contributed by atoms with van der Waals surface area (Å²) in [6.07, 6.45) is 2.16. The molecule has 2 rings (SSSR count). The van der Waals surface area contributed by atoms with E-state index in [4.69, 9.17) is 0 Å². The highest BCUT2D eigenvalue weighted by atomic mass is 32.1. The van der Waals surface area contributed by atoms with Gasteiger partial charge in [-0.25, -0.2) is 9.37 Å². The van der Waals surface area contributed by atoms with Crippen molar-refractivity contribution >= 4 is 17.6 Å². The fourth-order valence-corrected chi connectivity index (χ4v) is 1.76. The normalized spacial score (nSPS) is 10.1. The molecule has 14 heavy (non-hydrogen) atoms. The number of nitrogens with zero attached hydrogens (tertiary/aromatic N) is 1. The van der Waals surface area contributed by atoms with Gasteiger partial charge in [0, 0.05) is 17.1 Å².